The smallest absolute Gasteiger partial charge is 0.335 e. The van der Waals surface area contributed by atoms with Crippen LogP contribution in [-0.2, 0) is 9.84 Å². The highest BCUT2D eigenvalue weighted by atomic mass is 32.2. The van der Waals surface area contributed by atoms with Crippen molar-refractivity contribution in [1.29, 1.82) is 0 Å². The van der Waals surface area contributed by atoms with Crippen LogP contribution in [0.5, 0.6) is 0 Å². The van der Waals surface area contributed by atoms with Crippen molar-refractivity contribution in [2.24, 2.45) is 0 Å². The number of benzene rings is 1. The molecule has 21 heavy (non-hydrogen) atoms. The maximum Gasteiger partial charge on any atom is 0.335 e. The van der Waals surface area contributed by atoms with Crippen LogP contribution in [0.25, 0.3) is 0 Å². The SMILES string of the molecule is Cc1cc(C)c(S(=O)(=O)C2CCCCCC2)cc1C(=O)O. The van der Waals surface area contributed by atoms with E-state index in [0.717, 1.165) is 25.7 Å². The number of aromatic carboxylic acids is 1. The lowest BCUT2D eigenvalue weighted by atomic mass is 10.1. The Hall–Kier alpha value is -1.36. The van der Waals surface area contributed by atoms with E-state index in [2.05, 4.69) is 0 Å². The first-order valence-corrected chi connectivity index (χ1v) is 8.97. The van der Waals surface area contributed by atoms with Gasteiger partial charge in [-0.25, -0.2) is 13.2 Å². The van der Waals surface area contributed by atoms with Gasteiger partial charge in [0.25, 0.3) is 0 Å². The zero-order chi connectivity index (χ0) is 15.6. The minimum absolute atomic E-state index is 0.0767. The molecule has 2 rings (SSSR count). The third kappa shape index (κ3) is 3.28. The number of carboxylic acids is 1. The molecular weight excluding hydrogens is 288 g/mol. The van der Waals surface area contributed by atoms with Gasteiger partial charge in [-0.1, -0.05) is 31.7 Å². The molecule has 0 radical (unpaired) electrons. The molecule has 0 bridgehead atoms. The Labute approximate surface area is 126 Å². The van der Waals surface area contributed by atoms with Gasteiger partial charge in [0.1, 0.15) is 0 Å². The van der Waals surface area contributed by atoms with E-state index in [1.54, 1.807) is 19.9 Å². The van der Waals surface area contributed by atoms with Crippen molar-refractivity contribution in [1.82, 2.24) is 0 Å². The molecule has 0 atom stereocenters. The fraction of sp³-hybridized carbons (Fsp3) is 0.562. The molecule has 0 aromatic heterocycles. The summed E-state index contributed by atoms with van der Waals surface area (Å²) in [4.78, 5) is 11.4. The minimum Gasteiger partial charge on any atom is -0.478 e. The average Bonchev–Trinajstić information content (AvgIpc) is 2.67. The molecule has 0 aliphatic heterocycles. The Bertz CT molecular complexity index is 638. The number of carboxylic acid groups (broad SMARTS) is 1. The molecule has 0 saturated heterocycles. The molecule has 1 aliphatic carbocycles. The number of carbonyl (C=O) groups is 1. The zero-order valence-electron chi connectivity index (χ0n) is 12.6. The molecule has 1 N–H and O–H groups in total. The Morgan fingerprint density at radius 3 is 2.14 bits per heavy atom. The first-order valence-electron chi connectivity index (χ1n) is 7.42. The molecule has 0 spiro atoms. The third-order valence-electron chi connectivity index (χ3n) is 4.30. The van der Waals surface area contributed by atoms with E-state index in [-0.39, 0.29) is 15.7 Å². The number of hydrogen-bond donors (Lipinski definition) is 1. The monoisotopic (exact) mass is 310 g/mol. The standard InChI is InChI=1S/C16H22O4S/c1-11-9-12(2)15(10-14(11)16(17)18)21(19,20)13-7-5-3-4-6-8-13/h9-10,13H,3-8H2,1-2H3,(H,17,18). The largest absolute Gasteiger partial charge is 0.478 e. The summed E-state index contributed by atoms with van der Waals surface area (Å²) in [7, 11) is -3.45. The van der Waals surface area contributed by atoms with Crippen LogP contribution in [0.4, 0.5) is 0 Å². The molecule has 1 aliphatic rings. The second kappa shape index (κ2) is 6.18. The highest BCUT2D eigenvalue weighted by Gasteiger charge is 2.30. The van der Waals surface area contributed by atoms with Crippen molar-refractivity contribution in [2.75, 3.05) is 0 Å². The first kappa shape index (κ1) is 16.0. The highest BCUT2D eigenvalue weighted by molar-refractivity contribution is 7.92. The van der Waals surface area contributed by atoms with Crippen LogP contribution in [0.3, 0.4) is 0 Å². The summed E-state index contributed by atoms with van der Waals surface area (Å²) in [5.41, 5.74) is 1.31. The highest BCUT2D eigenvalue weighted by Crippen LogP contribution is 2.30. The summed E-state index contributed by atoms with van der Waals surface area (Å²) in [5, 5.41) is 8.84. The second-order valence-corrected chi connectivity index (χ2v) is 8.09. The van der Waals surface area contributed by atoms with Crippen molar-refractivity contribution in [3.8, 4) is 0 Å². The number of aryl methyl sites for hydroxylation is 2. The molecule has 1 saturated carbocycles. The maximum atomic E-state index is 12.9. The van der Waals surface area contributed by atoms with Gasteiger partial charge >= 0.3 is 5.97 Å². The van der Waals surface area contributed by atoms with Gasteiger partial charge in [0.05, 0.1) is 15.7 Å². The van der Waals surface area contributed by atoms with E-state index < -0.39 is 15.8 Å². The van der Waals surface area contributed by atoms with Gasteiger partial charge in [-0.3, -0.25) is 0 Å². The van der Waals surface area contributed by atoms with Gasteiger partial charge in [0.2, 0.25) is 0 Å². The van der Waals surface area contributed by atoms with Crippen molar-refractivity contribution < 1.29 is 18.3 Å². The maximum absolute atomic E-state index is 12.9. The molecule has 116 valence electrons. The van der Waals surface area contributed by atoms with Gasteiger partial charge in [-0.15, -0.1) is 0 Å². The van der Waals surface area contributed by atoms with E-state index in [1.165, 1.54) is 6.07 Å². The molecule has 5 heteroatoms. The van der Waals surface area contributed by atoms with Crippen molar-refractivity contribution in [3.05, 3.63) is 28.8 Å². The summed E-state index contributed by atoms with van der Waals surface area (Å²) >= 11 is 0. The van der Waals surface area contributed by atoms with E-state index >= 15 is 0 Å². The Balaban J connectivity index is 2.48. The van der Waals surface area contributed by atoms with E-state index in [1.807, 2.05) is 0 Å². The van der Waals surface area contributed by atoms with Crippen LogP contribution >= 0.6 is 0 Å². The average molecular weight is 310 g/mol. The van der Waals surface area contributed by atoms with Crippen LogP contribution in [0.1, 0.15) is 60.0 Å². The second-order valence-electron chi connectivity index (χ2n) is 5.90. The first-order chi connectivity index (χ1) is 9.84. The van der Waals surface area contributed by atoms with E-state index in [9.17, 15) is 18.3 Å². The quantitative estimate of drug-likeness (QED) is 0.867. The normalized spacial score (nSPS) is 17.4. The minimum atomic E-state index is -3.45. The predicted octanol–water partition coefficient (Wildman–Crippen LogP) is 3.50. The topological polar surface area (TPSA) is 71.4 Å². The number of rotatable bonds is 3. The lowest BCUT2D eigenvalue weighted by Crippen LogP contribution is -2.22. The zero-order valence-corrected chi connectivity index (χ0v) is 13.4. The molecule has 1 aromatic rings. The summed E-state index contributed by atoms with van der Waals surface area (Å²) in [5.74, 6) is -1.08. The van der Waals surface area contributed by atoms with Crippen LogP contribution in [-0.4, -0.2) is 24.7 Å². The molecule has 1 fully saturated rings. The lowest BCUT2D eigenvalue weighted by molar-refractivity contribution is 0.0696. The predicted molar refractivity (Wildman–Crippen MR) is 81.6 cm³/mol. The summed E-state index contributed by atoms with van der Waals surface area (Å²) < 4.78 is 25.7. The van der Waals surface area contributed by atoms with Crippen LogP contribution in [0, 0.1) is 13.8 Å². The summed E-state index contributed by atoms with van der Waals surface area (Å²) in [6.45, 7) is 3.43. The van der Waals surface area contributed by atoms with E-state index in [0.29, 0.717) is 24.0 Å². The van der Waals surface area contributed by atoms with Gasteiger partial charge in [-0.05, 0) is 43.9 Å². The summed E-state index contributed by atoms with van der Waals surface area (Å²) in [6.07, 6.45) is 5.38. The van der Waals surface area contributed by atoms with Crippen LogP contribution < -0.4 is 0 Å². The van der Waals surface area contributed by atoms with E-state index in [4.69, 9.17) is 0 Å². The fourth-order valence-corrected chi connectivity index (χ4v) is 5.20. The molecule has 1 aromatic carbocycles. The van der Waals surface area contributed by atoms with Crippen molar-refractivity contribution in [3.63, 3.8) is 0 Å². The Morgan fingerprint density at radius 1 is 1.05 bits per heavy atom. The van der Waals surface area contributed by atoms with Gasteiger partial charge in [0.15, 0.2) is 9.84 Å². The van der Waals surface area contributed by atoms with Crippen LogP contribution in [0.2, 0.25) is 0 Å². The molecule has 0 heterocycles. The number of hydrogen-bond acceptors (Lipinski definition) is 3. The van der Waals surface area contributed by atoms with Crippen LogP contribution in [0.15, 0.2) is 17.0 Å². The molecule has 4 nitrogen and oxygen atoms in total. The lowest BCUT2D eigenvalue weighted by Gasteiger charge is -2.18. The van der Waals surface area contributed by atoms with Gasteiger partial charge < -0.3 is 5.11 Å². The molecular formula is C16H22O4S. The third-order valence-corrected chi connectivity index (χ3v) is 6.70. The van der Waals surface area contributed by atoms with Crippen molar-refractivity contribution >= 4 is 15.8 Å². The Kier molecular flexibility index (Phi) is 4.71. The van der Waals surface area contributed by atoms with Gasteiger partial charge in [0, 0.05) is 0 Å². The summed E-state index contributed by atoms with van der Waals surface area (Å²) in [6, 6.07) is 3.00. The fourth-order valence-electron chi connectivity index (χ4n) is 3.10. The molecule has 0 amide bonds. The van der Waals surface area contributed by atoms with Crippen molar-refractivity contribution in [2.45, 2.75) is 62.5 Å². The Morgan fingerprint density at radius 2 is 1.62 bits per heavy atom. The number of sulfone groups is 1. The molecule has 0 unspecified atom stereocenters. The van der Waals surface area contributed by atoms with Gasteiger partial charge in [-0.2, -0.15) is 0 Å².